The molecule has 1 fully saturated rings. The van der Waals surface area contributed by atoms with Crippen molar-refractivity contribution in [3.8, 4) is 5.88 Å². The SMILES string of the molecule is COc1nn(C)cc1C(=O)N1CCN(CCNC(=O)c2ccc3ccccc3c2)CC1. The molecule has 0 atom stereocenters. The zero-order chi connectivity index (χ0) is 21.8. The van der Waals surface area contributed by atoms with Crippen LogP contribution in [-0.4, -0.2) is 77.8 Å². The van der Waals surface area contributed by atoms with Crippen LogP contribution in [0.4, 0.5) is 0 Å². The molecule has 1 aromatic heterocycles. The predicted octanol–water partition coefficient (Wildman–Crippen LogP) is 1.77. The van der Waals surface area contributed by atoms with Gasteiger partial charge in [0.05, 0.1) is 7.11 Å². The van der Waals surface area contributed by atoms with E-state index in [4.69, 9.17) is 4.74 Å². The molecule has 162 valence electrons. The van der Waals surface area contributed by atoms with E-state index >= 15 is 0 Å². The van der Waals surface area contributed by atoms with Crippen molar-refractivity contribution in [1.82, 2.24) is 24.9 Å². The first-order chi connectivity index (χ1) is 15.0. The number of benzene rings is 2. The number of aromatic nitrogens is 2. The number of carbonyl (C=O) groups is 2. The first kappa shape index (κ1) is 20.9. The molecule has 2 amide bonds. The summed E-state index contributed by atoms with van der Waals surface area (Å²) in [4.78, 5) is 29.3. The highest BCUT2D eigenvalue weighted by molar-refractivity contribution is 5.98. The number of hydrogen-bond acceptors (Lipinski definition) is 5. The van der Waals surface area contributed by atoms with E-state index in [0.29, 0.717) is 36.6 Å². The summed E-state index contributed by atoms with van der Waals surface area (Å²) in [7, 11) is 3.28. The van der Waals surface area contributed by atoms with Crippen molar-refractivity contribution in [3.63, 3.8) is 0 Å². The first-order valence-corrected chi connectivity index (χ1v) is 10.4. The predicted molar refractivity (Wildman–Crippen MR) is 118 cm³/mol. The molecule has 0 aliphatic carbocycles. The molecule has 2 aromatic carbocycles. The van der Waals surface area contributed by atoms with Crippen LogP contribution in [-0.2, 0) is 7.05 Å². The van der Waals surface area contributed by atoms with Crippen molar-refractivity contribution < 1.29 is 14.3 Å². The average Bonchev–Trinajstić information content (AvgIpc) is 3.19. The second kappa shape index (κ2) is 9.18. The van der Waals surface area contributed by atoms with Gasteiger partial charge in [0.15, 0.2) is 0 Å². The van der Waals surface area contributed by atoms with E-state index in [-0.39, 0.29) is 11.8 Å². The molecule has 0 bridgehead atoms. The number of methoxy groups -OCH3 is 1. The molecule has 8 heteroatoms. The standard InChI is InChI=1S/C23H27N5O3/c1-26-16-20(22(25-26)31-2)23(30)28-13-11-27(12-14-28)10-9-24-21(29)19-8-7-17-5-3-4-6-18(17)15-19/h3-8,15-16H,9-14H2,1-2H3,(H,24,29). The molecule has 31 heavy (non-hydrogen) atoms. The summed E-state index contributed by atoms with van der Waals surface area (Å²) in [6.07, 6.45) is 1.69. The lowest BCUT2D eigenvalue weighted by Gasteiger charge is -2.34. The Kier molecular flexibility index (Phi) is 6.18. The molecular weight excluding hydrogens is 394 g/mol. The fourth-order valence-electron chi connectivity index (χ4n) is 3.87. The maximum Gasteiger partial charge on any atom is 0.261 e. The Labute approximate surface area is 181 Å². The number of nitrogens with zero attached hydrogens (tertiary/aromatic N) is 4. The van der Waals surface area contributed by atoms with Crippen LogP contribution in [0.1, 0.15) is 20.7 Å². The van der Waals surface area contributed by atoms with Gasteiger partial charge in [0.1, 0.15) is 5.56 Å². The summed E-state index contributed by atoms with van der Waals surface area (Å²) in [5.41, 5.74) is 1.15. The summed E-state index contributed by atoms with van der Waals surface area (Å²) in [5.74, 6) is 0.226. The van der Waals surface area contributed by atoms with Gasteiger partial charge in [0.2, 0.25) is 5.88 Å². The summed E-state index contributed by atoms with van der Waals surface area (Å²) in [5, 5.41) is 9.33. The average molecular weight is 422 g/mol. The van der Waals surface area contributed by atoms with Gasteiger partial charge in [-0.15, -0.1) is 5.10 Å². The second-order valence-electron chi connectivity index (χ2n) is 7.68. The molecule has 1 aliphatic rings. The zero-order valence-electron chi connectivity index (χ0n) is 17.9. The quantitative estimate of drug-likeness (QED) is 0.656. The Morgan fingerprint density at radius 2 is 1.81 bits per heavy atom. The van der Waals surface area contributed by atoms with Crippen LogP contribution in [0.5, 0.6) is 5.88 Å². The number of rotatable bonds is 6. The van der Waals surface area contributed by atoms with E-state index in [1.54, 1.807) is 17.9 Å². The molecule has 4 rings (SSSR count). The van der Waals surface area contributed by atoms with E-state index < -0.39 is 0 Å². The van der Waals surface area contributed by atoms with E-state index in [1.807, 2.05) is 47.4 Å². The van der Waals surface area contributed by atoms with Crippen LogP contribution >= 0.6 is 0 Å². The lowest BCUT2D eigenvalue weighted by Crippen LogP contribution is -2.50. The van der Waals surface area contributed by atoms with Crippen LogP contribution in [0.25, 0.3) is 10.8 Å². The van der Waals surface area contributed by atoms with Crippen LogP contribution < -0.4 is 10.1 Å². The molecule has 2 heterocycles. The minimum Gasteiger partial charge on any atom is -0.479 e. The van der Waals surface area contributed by atoms with Crippen molar-refractivity contribution >= 4 is 22.6 Å². The highest BCUT2D eigenvalue weighted by Gasteiger charge is 2.26. The molecule has 0 spiro atoms. The molecule has 3 aromatic rings. The summed E-state index contributed by atoms with van der Waals surface area (Å²) in [6, 6.07) is 13.7. The van der Waals surface area contributed by atoms with Crippen LogP contribution in [0.15, 0.2) is 48.7 Å². The summed E-state index contributed by atoms with van der Waals surface area (Å²) < 4.78 is 6.79. The van der Waals surface area contributed by atoms with Gasteiger partial charge in [-0.2, -0.15) is 0 Å². The number of hydrogen-bond donors (Lipinski definition) is 1. The van der Waals surface area contributed by atoms with Gasteiger partial charge in [0.25, 0.3) is 11.8 Å². The van der Waals surface area contributed by atoms with Crippen LogP contribution in [0, 0.1) is 0 Å². The number of fused-ring (bicyclic) bond motifs is 1. The third-order valence-corrected chi connectivity index (χ3v) is 5.60. The van der Waals surface area contributed by atoms with Gasteiger partial charge in [-0.25, -0.2) is 0 Å². The van der Waals surface area contributed by atoms with Gasteiger partial charge in [0, 0.05) is 58.1 Å². The molecule has 0 unspecified atom stereocenters. The minimum atomic E-state index is -0.0664. The van der Waals surface area contributed by atoms with Crippen molar-refractivity contribution in [2.75, 3.05) is 46.4 Å². The Morgan fingerprint density at radius 3 is 2.55 bits per heavy atom. The Bertz CT molecular complexity index is 1090. The van der Waals surface area contributed by atoms with Gasteiger partial charge >= 0.3 is 0 Å². The zero-order valence-corrected chi connectivity index (χ0v) is 17.9. The second-order valence-corrected chi connectivity index (χ2v) is 7.68. The first-order valence-electron chi connectivity index (χ1n) is 10.4. The van der Waals surface area contributed by atoms with E-state index in [1.165, 1.54) is 7.11 Å². The normalized spacial score (nSPS) is 14.6. The van der Waals surface area contributed by atoms with E-state index in [2.05, 4.69) is 15.3 Å². The lowest BCUT2D eigenvalue weighted by molar-refractivity contribution is 0.0635. The minimum absolute atomic E-state index is 0.0609. The maximum absolute atomic E-state index is 12.8. The third kappa shape index (κ3) is 4.69. The van der Waals surface area contributed by atoms with Crippen molar-refractivity contribution in [3.05, 3.63) is 59.8 Å². The number of amides is 2. The van der Waals surface area contributed by atoms with Gasteiger partial charge in [-0.1, -0.05) is 30.3 Å². The molecular formula is C23H27N5O3. The van der Waals surface area contributed by atoms with Gasteiger partial charge in [-0.05, 0) is 22.9 Å². The number of nitrogens with one attached hydrogen (secondary N) is 1. The highest BCUT2D eigenvalue weighted by Crippen LogP contribution is 2.18. The summed E-state index contributed by atoms with van der Waals surface area (Å²) in [6.45, 7) is 4.11. The molecule has 1 saturated heterocycles. The monoisotopic (exact) mass is 421 g/mol. The van der Waals surface area contributed by atoms with Crippen molar-refractivity contribution in [1.29, 1.82) is 0 Å². The van der Waals surface area contributed by atoms with Gasteiger partial charge in [-0.3, -0.25) is 19.2 Å². The third-order valence-electron chi connectivity index (χ3n) is 5.60. The molecule has 1 aliphatic heterocycles. The maximum atomic E-state index is 12.8. The Hall–Kier alpha value is -3.39. The fourth-order valence-corrected chi connectivity index (χ4v) is 3.87. The topological polar surface area (TPSA) is 79.7 Å². The largest absolute Gasteiger partial charge is 0.479 e. The number of ether oxygens (including phenoxy) is 1. The Balaban J connectivity index is 1.24. The molecule has 8 nitrogen and oxygen atoms in total. The number of aryl methyl sites for hydroxylation is 1. The molecule has 1 N–H and O–H groups in total. The van der Waals surface area contributed by atoms with Crippen LogP contribution in [0.3, 0.4) is 0 Å². The fraction of sp³-hybridized carbons (Fsp3) is 0.348. The smallest absolute Gasteiger partial charge is 0.261 e. The number of carbonyl (C=O) groups excluding carboxylic acids is 2. The van der Waals surface area contributed by atoms with Gasteiger partial charge < -0.3 is 15.0 Å². The van der Waals surface area contributed by atoms with E-state index in [9.17, 15) is 9.59 Å². The lowest BCUT2D eigenvalue weighted by atomic mass is 10.1. The van der Waals surface area contributed by atoms with Crippen LogP contribution in [0.2, 0.25) is 0 Å². The van der Waals surface area contributed by atoms with E-state index in [0.717, 1.165) is 30.4 Å². The highest BCUT2D eigenvalue weighted by atomic mass is 16.5. The summed E-state index contributed by atoms with van der Waals surface area (Å²) >= 11 is 0. The molecule has 0 saturated carbocycles. The molecule has 0 radical (unpaired) electrons. The number of piperazine rings is 1. The Morgan fingerprint density at radius 1 is 1.06 bits per heavy atom. The van der Waals surface area contributed by atoms with Crippen molar-refractivity contribution in [2.24, 2.45) is 7.05 Å². The van der Waals surface area contributed by atoms with Crippen molar-refractivity contribution in [2.45, 2.75) is 0 Å².